The first-order valence-corrected chi connectivity index (χ1v) is 13.4. The largest absolute Gasteiger partial charge is 0.490 e. The Kier molecular flexibility index (Phi) is 11.7. The van der Waals surface area contributed by atoms with Gasteiger partial charge in [0.25, 0.3) is 0 Å². The van der Waals surface area contributed by atoms with E-state index in [-0.39, 0.29) is 24.4 Å². The van der Waals surface area contributed by atoms with E-state index in [0.717, 1.165) is 101 Å². The minimum atomic E-state index is 0. The number of likely N-dealkylation sites (N-methyl/N-ethyl adjacent to an activating group) is 1. The molecule has 2 aliphatic rings. The summed E-state index contributed by atoms with van der Waals surface area (Å²) in [7, 11) is 0. The third-order valence-corrected chi connectivity index (χ3v) is 7.30. The summed E-state index contributed by atoms with van der Waals surface area (Å²) in [6.45, 7) is 16.0. The molecule has 0 spiro atoms. The molecule has 0 bridgehead atoms. The summed E-state index contributed by atoms with van der Waals surface area (Å²) in [6, 6.07) is 8.03. The zero-order chi connectivity index (χ0) is 24.5. The van der Waals surface area contributed by atoms with Crippen molar-refractivity contribution >= 4 is 34.9 Å². The number of carbonyl (C=O) groups is 1. The highest BCUT2D eigenvalue weighted by Gasteiger charge is 2.18. The molecule has 2 N–H and O–H groups in total. The van der Waals surface area contributed by atoms with Gasteiger partial charge in [-0.05, 0) is 68.7 Å². The SMILES string of the molecule is CCN(CC)CCN1CCN(CCC(=O)Nc2cc3cc(OC4CCNCC4)ccc3cn2)CC1.Cl. The van der Waals surface area contributed by atoms with Crippen LogP contribution in [0.1, 0.15) is 33.1 Å². The number of ether oxygens (including phenoxy) is 1. The van der Waals surface area contributed by atoms with E-state index in [4.69, 9.17) is 4.74 Å². The molecule has 1 amide bonds. The Morgan fingerprint density at radius 3 is 2.44 bits per heavy atom. The molecule has 0 saturated carbocycles. The number of anilines is 1. The lowest BCUT2D eigenvalue weighted by Gasteiger charge is -2.35. The Hall–Kier alpha value is -1.97. The number of pyridine rings is 1. The van der Waals surface area contributed by atoms with E-state index in [2.05, 4.69) is 50.2 Å². The van der Waals surface area contributed by atoms with E-state index in [0.29, 0.717) is 12.2 Å². The maximum atomic E-state index is 12.6. The maximum Gasteiger partial charge on any atom is 0.226 e. The van der Waals surface area contributed by atoms with Crippen LogP contribution in [0.2, 0.25) is 0 Å². The lowest BCUT2D eigenvalue weighted by atomic mass is 10.1. The molecule has 2 aromatic rings. The van der Waals surface area contributed by atoms with E-state index >= 15 is 0 Å². The number of fused-ring (bicyclic) bond motifs is 1. The third-order valence-electron chi connectivity index (χ3n) is 7.30. The molecule has 2 aliphatic heterocycles. The molecule has 36 heavy (non-hydrogen) atoms. The second-order valence-electron chi connectivity index (χ2n) is 9.65. The highest BCUT2D eigenvalue weighted by atomic mass is 35.5. The number of hydrogen-bond donors (Lipinski definition) is 2. The molecular weight excluding hydrogens is 476 g/mol. The topological polar surface area (TPSA) is 73.0 Å². The summed E-state index contributed by atoms with van der Waals surface area (Å²) in [6.07, 6.45) is 4.62. The number of hydrogen-bond acceptors (Lipinski definition) is 7. The second kappa shape index (κ2) is 14.7. The summed E-state index contributed by atoms with van der Waals surface area (Å²) in [5, 5.41) is 8.42. The Labute approximate surface area is 222 Å². The molecule has 3 heterocycles. The summed E-state index contributed by atoms with van der Waals surface area (Å²) >= 11 is 0. The van der Waals surface area contributed by atoms with Gasteiger partial charge in [0.05, 0.1) is 0 Å². The van der Waals surface area contributed by atoms with Crippen LogP contribution in [-0.4, -0.2) is 104 Å². The van der Waals surface area contributed by atoms with Gasteiger partial charge in [-0.3, -0.25) is 9.69 Å². The lowest BCUT2D eigenvalue weighted by molar-refractivity contribution is -0.116. The molecule has 200 valence electrons. The molecular formula is C27H43ClN6O2. The molecule has 9 heteroatoms. The van der Waals surface area contributed by atoms with Crippen molar-refractivity contribution in [3.8, 4) is 5.75 Å². The Balaban J connectivity index is 0.00000361. The van der Waals surface area contributed by atoms with Crippen molar-refractivity contribution in [3.05, 3.63) is 30.5 Å². The van der Waals surface area contributed by atoms with Crippen LogP contribution in [0.15, 0.2) is 30.5 Å². The number of nitrogens with zero attached hydrogens (tertiary/aromatic N) is 4. The fourth-order valence-electron chi connectivity index (χ4n) is 4.89. The zero-order valence-corrected chi connectivity index (χ0v) is 22.7. The summed E-state index contributed by atoms with van der Waals surface area (Å²) in [5.41, 5.74) is 0. The van der Waals surface area contributed by atoms with E-state index in [9.17, 15) is 4.79 Å². The second-order valence-corrected chi connectivity index (χ2v) is 9.65. The fraction of sp³-hybridized carbons (Fsp3) is 0.630. The molecule has 4 rings (SSSR count). The predicted molar refractivity (Wildman–Crippen MR) is 149 cm³/mol. The molecule has 0 aliphatic carbocycles. The van der Waals surface area contributed by atoms with Crippen LogP contribution >= 0.6 is 12.4 Å². The molecule has 0 unspecified atom stereocenters. The maximum absolute atomic E-state index is 12.6. The van der Waals surface area contributed by atoms with Crippen LogP contribution in [-0.2, 0) is 4.79 Å². The van der Waals surface area contributed by atoms with E-state index in [1.807, 2.05) is 24.4 Å². The minimum Gasteiger partial charge on any atom is -0.490 e. The number of rotatable bonds is 11. The van der Waals surface area contributed by atoms with Gasteiger partial charge in [-0.15, -0.1) is 12.4 Å². The molecule has 0 radical (unpaired) electrons. The van der Waals surface area contributed by atoms with E-state index in [1.54, 1.807) is 0 Å². The molecule has 2 saturated heterocycles. The van der Waals surface area contributed by atoms with Gasteiger partial charge in [0, 0.05) is 63.8 Å². The average Bonchev–Trinajstić information content (AvgIpc) is 2.89. The molecule has 2 fully saturated rings. The molecule has 8 nitrogen and oxygen atoms in total. The minimum absolute atomic E-state index is 0. The standard InChI is InChI=1S/C27H42N6O2.ClH/c1-3-31(4-2)13-14-33-17-15-32(16-18-33)12-9-27(34)30-26-20-23-19-25(6-5-22(23)21-29-26)35-24-7-10-28-11-8-24;/h5-6,19-21,24,28H,3-4,7-18H2,1-2H3,(H,29,30,34);1H. The molecule has 1 aromatic carbocycles. The Bertz CT molecular complexity index is 943. The Morgan fingerprint density at radius 2 is 1.75 bits per heavy atom. The van der Waals surface area contributed by atoms with Crippen molar-refractivity contribution in [2.45, 2.75) is 39.2 Å². The summed E-state index contributed by atoms with van der Waals surface area (Å²) < 4.78 is 6.18. The number of aromatic nitrogens is 1. The number of piperidine rings is 1. The van der Waals surface area contributed by atoms with Crippen molar-refractivity contribution in [1.29, 1.82) is 0 Å². The van der Waals surface area contributed by atoms with Crippen LogP contribution in [0.3, 0.4) is 0 Å². The van der Waals surface area contributed by atoms with Gasteiger partial charge >= 0.3 is 0 Å². The average molecular weight is 519 g/mol. The van der Waals surface area contributed by atoms with Gasteiger partial charge in [-0.2, -0.15) is 0 Å². The van der Waals surface area contributed by atoms with Gasteiger partial charge in [0.15, 0.2) is 0 Å². The first kappa shape index (κ1) is 28.6. The van der Waals surface area contributed by atoms with Gasteiger partial charge in [0.2, 0.25) is 5.91 Å². The highest BCUT2D eigenvalue weighted by Crippen LogP contribution is 2.24. The van der Waals surface area contributed by atoms with Gasteiger partial charge in [0.1, 0.15) is 17.7 Å². The smallest absolute Gasteiger partial charge is 0.226 e. The number of piperazine rings is 1. The van der Waals surface area contributed by atoms with Crippen molar-refractivity contribution in [1.82, 2.24) is 25.0 Å². The van der Waals surface area contributed by atoms with Crippen molar-refractivity contribution < 1.29 is 9.53 Å². The van der Waals surface area contributed by atoms with Crippen molar-refractivity contribution in [2.75, 3.05) is 77.3 Å². The lowest BCUT2D eigenvalue weighted by Crippen LogP contribution is -2.48. The van der Waals surface area contributed by atoms with Crippen molar-refractivity contribution in [2.24, 2.45) is 0 Å². The number of carbonyl (C=O) groups excluding carboxylic acids is 1. The monoisotopic (exact) mass is 518 g/mol. The fourth-order valence-corrected chi connectivity index (χ4v) is 4.89. The van der Waals surface area contributed by atoms with Gasteiger partial charge in [-0.25, -0.2) is 4.98 Å². The summed E-state index contributed by atoms with van der Waals surface area (Å²) in [4.78, 5) is 24.5. The van der Waals surface area contributed by atoms with Crippen LogP contribution in [0.25, 0.3) is 10.8 Å². The Morgan fingerprint density at radius 1 is 1.06 bits per heavy atom. The normalized spacial score (nSPS) is 17.8. The highest BCUT2D eigenvalue weighted by molar-refractivity contribution is 5.93. The molecule has 0 atom stereocenters. The quantitative estimate of drug-likeness (QED) is 0.473. The summed E-state index contributed by atoms with van der Waals surface area (Å²) in [5.74, 6) is 1.50. The van der Waals surface area contributed by atoms with Crippen LogP contribution in [0.5, 0.6) is 5.75 Å². The van der Waals surface area contributed by atoms with Gasteiger partial charge < -0.3 is 25.2 Å². The van der Waals surface area contributed by atoms with Gasteiger partial charge in [-0.1, -0.05) is 13.8 Å². The van der Waals surface area contributed by atoms with E-state index in [1.165, 1.54) is 0 Å². The first-order valence-electron chi connectivity index (χ1n) is 13.4. The number of benzene rings is 1. The van der Waals surface area contributed by atoms with Crippen LogP contribution in [0, 0.1) is 0 Å². The van der Waals surface area contributed by atoms with E-state index < -0.39 is 0 Å². The predicted octanol–water partition coefficient (Wildman–Crippen LogP) is 3.08. The van der Waals surface area contributed by atoms with Crippen molar-refractivity contribution in [3.63, 3.8) is 0 Å². The zero-order valence-electron chi connectivity index (χ0n) is 21.9. The first-order chi connectivity index (χ1) is 17.1. The number of nitrogens with one attached hydrogen (secondary N) is 2. The molecule has 1 aromatic heterocycles. The number of halogens is 1. The number of amides is 1. The third kappa shape index (κ3) is 8.56. The van der Waals surface area contributed by atoms with Crippen LogP contribution < -0.4 is 15.4 Å². The van der Waals surface area contributed by atoms with Crippen LogP contribution in [0.4, 0.5) is 5.82 Å².